The number of tetrazole rings is 1. The lowest BCUT2D eigenvalue weighted by Crippen LogP contribution is -2.31. The zero-order valence-electron chi connectivity index (χ0n) is 17.4. The van der Waals surface area contributed by atoms with Crippen molar-refractivity contribution >= 4 is 5.69 Å². The third kappa shape index (κ3) is 4.47. The quantitative estimate of drug-likeness (QED) is 0.596. The molecule has 0 bridgehead atoms. The molecular weight excluding hydrogens is 382 g/mol. The molecule has 4 heterocycles. The van der Waals surface area contributed by atoms with E-state index in [9.17, 15) is 0 Å². The molecule has 10 heteroatoms. The van der Waals surface area contributed by atoms with Crippen molar-refractivity contribution in [1.82, 2.24) is 30.5 Å². The number of terminal acetylenes is 1. The molecule has 1 saturated heterocycles. The largest absolute Gasteiger partial charge is 0.379 e. The van der Waals surface area contributed by atoms with Gasteiger partial charge in [0, 0.05) is 46.5 Å². The van der Waals surface area contributed by atoms with Gasteiger partial charge in [0.1, 0.15) is 6.04 Å². The van der Waals surface area contributed by atoms with E-state index in [-0.39, 0.29) is 17.7 Å². The van der Waals surface area contributed by atoms with Gasteiger partial charge in [-0.2, -0.15) is 10.2 Å². The lowest BCUT2D eigenvalue weighted by atomic mass is 10.0. The Morgan fingerprint density at radius 1 is 1.37 bits per heavy atom. The molecule has 0 aliphatic carbocycles. The molecule has 10 nitrogen and oxygen atoms in total. The summed E-state index contributed by atoms with van der Waals surface area (Å²) in [7, 11) is 3.98. The van der Waals surface area contributed by atoms with Crippen LogP contribution in [-0.4, -0.2) is 64.7 Å². The summed E-state index contributed by atoms with van der Waals surface area (Å²) in [6.45, 7) is 2.02. The first-order valence-electron chi connectivity index (χ1n) is 10.2. The van der Waals surface area contributed by atoms with Gasteiger partial charge in [-0.15, -0.1) is 17.4 Å². The molecule has 1 N–H and O–H groups in total. The first-order valence-corrected chi connectivity index (χ1v) is 10.2. The standard InChI is InChI=1S/C20H27N9O/c1-4-5-9-20(24-25-20)10-11-21-18(17-7-6-15(13-22-17)28(2)3)19-23-26-27-29(19)16-8-12-30-14-16/h1,6-7,13,16,18,21H,5,8-12,14H2,2-3H3. The lowest BCUT2D eigenvalue weighted by molar-refractivity contribution is 0.183. The lowest BCUT2D eigenvalue weighted by Gasteiger charge is -2.21. The van der Waals surface area contributed by atoms with Crippen molar-refractivity contribution in [3.05, 3.63) is 29.8 Å². The summed E-state index contributed by atoms with van der Waals surface area (Å²) >= 11 is 0. The Balaban J connectivity index is 1.53. The van der Waals surface area contributed by atoms with Crippen LogP contribution in [0.25, 0.3) is 0 Å². The van der Waals surface area contributed by atoms with Crippen LogP contribution in [0.2, 0.25) is 0 Å². The summed E-state index contributed by atoms with van der Waals surface area (Å²) in [5.41, 5.74) is 1.56. The van der Waals surface area contributed by atoms with Crippen molar-refractivity contribution < 1.29 is 4.74 Å². The zero-order valence-corrected chi connectivity index (χ0v) is 17.4. The fourth-order valence-corrected chi connectivity index (χ4v) is 3.61. The number of hydrogen-bond acceptors (Lipinski definition) is 9. The molecule has 158 valence electrons. The van der Waals surface area contributed by atoms with Crippen molar-refractivity contribution in [2.24, 2.45) is 10.2 Å². The summed E-state index contributed by atoms with van der Waals surface area (Å²) in [5.74, 6) is 3.40. The highest BCUT2D eigenvalue weighted by molar-refractivity contribution is 5.43. The molecule has 2 aromatic rings. The van der Waals surface area contributed by atoms with E-state index in [4.69, 9.17) is 11.2 Å². The van der Waals surface area contributed by atoms with Crippen LogP contribution in [0, 0.1) is 12.3 Å². The van der Waals surface area contributed by atoms with E-state index in [1.165, 1.54) is 0 Å². The van der Waals surface area contributed by atoms with E-state index in [1.807, 2.05) is 42.0 Å². The number of rotatable bonds is 10. The fourth-order valence-electron chi connectivity index (χ4n) is 3.61. The maximum atomic E-state index is 5.54. The average molecular weight is 409 g/mol. The predicted octanol–water partition coefficient (Wildman–Crippen LogP) is 1.74. The highest BCUT2D eigenvalue weighted by atomic mass is 16.5. The molecule has 0 aromatic carbocycles. The van der Waals surface area contributed by atoms with E-state index in [2.05, 4.69) is 42.0 Å². The smallest absolute Gasteiger partial charge is 0.193 e. The second kappa shape index (κ2) is 8.85. The van der Waals surface area contributed by atoms with Crippen LogP contribution < -0.4 is 10.2 Å². The van der Waals surface area contributed by atoms with Crippen LogP contribution >= 0.6 is 0 Å². The van der Waals surface area contributed by atoms with Crippen LogP contribution in [0.4, 0.5) is 5.69 Å². The Bertz CT molecular complexity index is 903. The Morgan fingerprint density at radius 3 is 2.87 bits per heavy atom. The Morgan fingerprint density at radius 2 is 2.23 bits per heavy atom. The second-order valence-electron chi connectivity index (χ2n) is 7.86. The van der Waals surface area contributed by atoms with Crippen molar-refractivity contribution in [2.75, 3.05) is 38.8 Å². The molecule has 1 fully saturated rings. The van der Waals surface area contributed by atoms with Crippen molar-refractivity contribution in [1.29, 1.82) is 0 Å². The van der Waals surface area contributed by atoms with Gasteiger partial charge in [0.2, 0.25) is 0 Å². The maximum absolute atomic E-state index is 5.54. The number of nitrogens with one attached hydrogen (secondary N) is 1. The van der Waals surface area contributed by atoms with Gasteiger partial charge in [-0.25, -0.2) is 4.68 Å². The summed E-state index contributed by atoms with van der Waals surface area (Å²) in [6.07, 6.45) is 10.4. The highest BCUT2D eigenvalue weighted by Crippen LogP contribution is 2.36. The first-order chi connectivity index (χ1) is 14.6. The molecule has 4 rings (SSSR count). The normalized spacial score (nSPS) is 20.1. The van der Waals surface area contributed by atoms with Crippen molar-refractivity contribution in [2.45, 2.75) is 43.4 Å². The van der Waals surface area contributed by atoms with Crippen LogP contribution in [0.3, 0.4) is 0 Å². The number of aromatic nitrogens is 5. The van der Waals surface area contributed by atoms with Crippen LogP contribution in [0.15, 0.2) is 28.6 Å². The molecule has 2 unspecified atom stereocenters. The van der Waals surface area contributed by atoms with Gasteiger partial charge in [-0.1, -0.05) is 0 Å². The highest BCUT2D eigenvalue weighted by Gasteiger charge is 2.39. The monoisotopic (exact) mass is 409 g/mol. The van der Waals surface area contributed by atoms with Crippen molar-refractivity contribution in [3.63, 3.8) is 0 Å². The Kier molecular flexibility index (Phi) is 6.01. The Labute approximate surface area is 176 Å². The average Bonchev–Trinajstić information content (AvgIpc) is 3.12. The van der Waals surface area contributed by atoms with E-state index in [0.29, 0.717) is 19.6 Å². The molecule has 2 aliphatic heterocycles. The summed E-state index contributed by atoms with van der Waals surface area (Å²) in [5, 5.41) is 24.5. The van der Waals surface area contributed by atoms with E-state index in [0.717, 1.165) is 43.1 Å². The van der Waals surface area contributed by atoms with E-state index >= 15 is 0 Å². The number of hydrogen-bond donors (Lipinski definition) is 1. The summed E-state index contributed by atoms with van der Waals surface area (Å²) in [6, 6.07) is 3.94. The third-order valence-corrected chi connectivity index (χ3v) is 5.54. The minimum Gasteiger partial charge on any atom is -0.379 e. The molecule has 0 radical (unpaired) electrons. The number of anilines is 1. The Hall–Kier alpha value is -2.90. The second-order valence-corrected chi connectivity index (χ2v) is 7.86. The zero-order chi connectivity index (χ0) is 21.0. The molecule has 0 saturated carbocycles. The fraction of sp³-hybridized carbons (Fsp3) is 0.600. The molecule has 0 amide bonds. The number of nitrogens with zero attached hydrogens (tertiary/aromatic N) is 8. The van der Waals surface area contributed by atoms with Crippen LogP contribution in [0.1, 0.15) is 49.3 Å². The number of pyridine rings is 1. The third-order valence-electron chi connectivity index (χ3n) is 5.54. The minimum absolute atomic E-state index is 0.135. The minimum atomic E-state index is -0.336. The van der Waals surface area contributed by atoms with Crippen molar-refractivity contribution in [3.8, 4) is 12.3 Å². The topological polar surface area (TPSA) is 106 Å². The van der Waals surface area contributed by atoms with Gasteiger partial charge < -0.3 is 15.0 Å². The maximum Gasteiger partial charge on any atom is 0.193 e. The molecule has 2 aromatic heterocycles. The van der Waals surface area contributed by atoms with Gasteiger partial charge >= 0.3 is 0 Å². The number of ether oxygens (including phenoxy) is 1. The molecule has 30 heavy (non-hydrogen) atoms. The van der Waals surface area contributed by atoms with E-state index < -0.39 is 0 Å². The first kappa shape index (κ1) is 20.4. The molecule has 2 aliphatic rings. The van der Waals surface area contributed by atoms with Gasteiger partial charge in [0.15, 0.2) is 11.5 Å². The van der Waals surface area contributed by atoms with Gasteiger partial charge in [-0.3, -0.25) is 4.98 Å². The SMILES string of the molecule is C#CCCC1(CCNC(c2ccc(N(C)C)cn2)c2nnnn2C2CCOC2)N=N1. The van der Waals surface area contributed by atoms with Gasteiger partial charge in [0.05, 0.1) is 30.2 Å². The van der Waals surface area contributed by atoms with E-state index in [1.54, 1.807) is 0 Å². The molecule has 0 spiro atoms. The van der Waals surface area contributed by atoms with Gasteiger partial charge in [-0.05, 0) is 29.0 Å². The molecular formula is C20H27N9O. The molecule has 2 atom stereocenters. The van der Waals surface area contributed by atoms with Crippen LogP contribution in [-0.2, 0) is 4.74 Å². The predicted molar refractivity (Wildman–Crippen MR) is 111 cm³/mol. The summed E-state index contributed by atoms with van der Waals surface area (Å²) < 4.78 is 7.40. The summed E-state index contributed by atoms with van der Waals surface area (Å²) in [4.78, 5) is 6.70. The van der Waals surface area contributed by atoms with Gasteiger partial charge in [0.25, 0.3) is 0 Å². The van der Waals surface area contributed by atoms with Crippen LogP contribution in [0.5, 0.6) is 0 Å².